The summed E-state index contributed by atoms with van der Waals surface area (Å²) in [5, 5.41) is 0. The molecule has 1 saturated heterocycles. The van der Waals surface area contributed by atoms with Crippen LogP contribution in [0.1, 0.15) is 42.1 Å². The van der Waals surface area contributed by atoms with Gasteiger partial charge in [0.05, 0.1) is 16.1 Å². The smallest absolute Gasteiger partial charge is 0.341 e. The van der Waals surface area contributed by atoms with Crippen molar-refractivity contribution < 1.29 is 22.7 Å². The number of nitrogens with zero attached hydrogens (tertiary/aromatic N) is 3. The van der Waals surface area contributed by atoms with Crippen LogP contribution in [0.4, 0.5) is 11.4 Å². The second-order valence-corrected chi connectivity index (χ2v) is 11.1. The Kier molecular flexibility index (Phi) is 6.95. The third-order valence-corrected chi connectivity index (χ3v) is 8.23. The molecule has 0 spiro atoms. The number of esters is 1. The summed E-state index contributed by atoms with van der Waals surface area (Å²) in [5.74, 6) is -0.996. The lowest BCUT2D eigenvalue weighted by atomic mass is 10.0. The zero-order chi connectivity index (χ0) is 24.5. The van der Waals surface area contributed by atoms with Crippen molar-refractivity contribution in [1.82, 2.24) is 4.31 Å². The molecule has 8 nitrogen and oxygen atoms in total. The van der Waals surface area contributed by atoms with Crippen LogP contribution in [0.25, 0.3) is 0 Å². The molecule has 0 bridgehead atoms. The van der Waals surface area contributed by atoms with Gasteiger partial charge in [0.15, 0.2) is 6.10 Å². The van der Waals surface area contributed by atoms with Crippen LogP contribution in [0.5, 0.6) is 0 Å². The fraction of sp³-hybridized carbons (Fsp3) is 0.440. The molecule has 34 heavy (non-hydrogen) atoms. The van der Waals surface area contributed by atoms with Gasteiger partial charge in [-0.05, 0) is 62.4 Å². The molecule has 182 valence electrons. The van der Waals surface area contributed by atoms with Crippen LogP contribution in [0.3, 0.4) is 0 Å². The summed E-state index contributed by atoms with van der Waals surface area (Å²) in [7, 11) is -0.850. The lowest BCUT2D eigenvalue weighted by molar-refractivity contribution is -0.126. The number of carbonyl (C=O) groups excluding carboxylic acids is 2. The monoisotopic (exact) mass is 485 g/mol. The first-order valence-corrected chi connectivity index (χ1v) is 13.1. The van der Waals surface area contributed by atoms with Crippen molar-refractivity contribution in [3.63, 3.8) is 0 Å². The minimum absolute atomic E-state index is 0.0105. The molecule has 0 radical (unpaired) electrons. The predicted molar refractivity (Wildman–Crippen MR) is 131 cm³/mol. The standard InChI is InChI=1S/C25H31N3O5S/c1-18(24(29)28-16-8-10-19-9-4-5-11-22(19)28)33-25(30)21-17-20(34(31,32)26(2)3)12-13-23(21)27-14-6-7-15-27/h4-5,9,11-13,17-18H,6-8,10,14-16H2,1-3H3/t18-/m0/s1. The van der Waals surface area contributed by atoms with E-state index in [4.69, 9.17) is 4.74 Å². The van der Waals surface area contributed by atoms with Crippen molar-refractivity contribution in [3.05, 3.63) is 53.6 Å². The van der Waals surface area contributed by atoms with Crippen molar-refractivity contribution in [2.75, 3.05) is 43.5 Å². The molecule has 0 N–H and O–H groups in total. The number of anilines is 2. The van der Waals surface area contributed by atoms with Gasteiger partial charge < -0.3 is 14.5 Å². The Hall–Kier alpha value is -2.91. The van der Waals surface area contributed by atoms with Gasteiger partial charge in [0.1, 0.15) is 0 Å². The van der Waals surface area contributed by atoms with Gasteiger partial charge >= 0.3 is 5.97 Å². The molecule has 2 aliphatic rings. The summed E-state index contributed by atoms with van der Waals surface area (Å²) in [6.07, 6.45) is 2.72. The van der Waals surface area contributed by atoms with Crippen LogP contribution in [0, 0.1) is 0 Å². The Balaban J connectivity index is 1.61. The molecule has 9 heteroatoms. The van der Waals surface area contributed by atoms with E-state index in [0.717, 1.165) is 54.3 Å². The van der Waals surface area contributed by atoms with Crippen molar-refractivity contribution in [1.29, 1.82) is 0 Å². The first kappa shape index (κ1) is 24.2. The second-order valence-electron chi connectivity index (χ2n) is 8.93. The zero-order valence-corrected chi connectivity index (χ0v) is 20.7. The number of benzene rings is 2. The molecule has 1 fully saturated rings. The fourth-order valence-corrected chi connectivity index (χ4v) is 5.47. The lowest BCUT2D eigenvalue weighted by Gasteiger charge is -2.31. The molecular formula is C25H31N3O5S. The first-order chi connectivity index (χ1) is 16.2. The fourth-order valence-electron chi connectivity index (χ4n) is 4.54. The Morgan fingerprint density at radius 2 is 1.68 bits per heavy atom. The number of rotatable bonds is 6. The number of amides is 1. The number of sulfonamides is 1. The van der Waals surface area contributed by atoms with Gasteiger partial charge in [0.25, 0.3) is 5.91 Å². The Morgan fingerprint density at radius 1 is 0.971 bits per heavy atom. The van der Waals surface area contributed by atoms with E-state index in [1.165, 1.54) is 26.2 Å². The van der Waals surface area contributed by atoms with Gasteiger partial charge in [-0.2, -0.15) is 0 Å². The third-order valence-electron chi connectivity index (χ3n) is 6.42. The maximum absolute atomic E-state index is 13.3. The molecule has 2 aromatic rings. The number of hydrogen-bond acceptors (Lipinski definition) is 6. The summed E-state index contributed by atoms with van der Waals surface area (Å²) >= 11 is 0. The predicted octanol–water partition coefficient (Wildman–Crippen LogP) is 3.06. The van der Waals surface area contributed by atoms with Gasteiger partial charge in [0.2, 0.25) is 10.0 Å². The maximum Gasteiger partial charge on any atom is 0.341 e. The molecule has 2 heterocycles. The quantitative estimate of drug-likeness (QED) is 0.585. The highest BCUT2D eigenvalue weighted by atomic mass is 32.2. The average molecular weight is 486 g/mol. The molecule has 1 amide bonds. The van der Waals surface area contributed by atoms with Crippen LogP contribution < -0.4 is 9.80 Å². The molecule has 0 saturated carbocycles. The van der Waals surface area contributed by atoms with Crippen LogP contribution in [-0.2, 0) is 26.0 Å². The highest BCUT2D eigenvalue weighted by Gasteiger charge is 2.31. The topological polar surface area (TPSA) is 87.2 Å². The number of hydrogen-bond donors (Lipinski definition) is 0. The van der Waals surface area contributed by atoms with Crippen LogP contribution in [0.15, 0.2) is 47.4 Å². The van der Waals surface area contributed by atoms with Crippen LogP contribution in [0.2, 0.25) is 0 Å². The van der Waals surface area contributed by atoms with Gasteiger partial charge in [0, 0.05) is 39.4 Å². The first-order valence-electron chi connectivity index (χ1n) is 11.6. The largest absolute Gasteiger partial charge is 0.449 e. The maximum atomic E-state index is 13.3. The van der Waals surface area contributed by atoms with E-state index in [2.05, 4.69) is 4.90 Å². The minimum Gasteiger partial charge on any atom is -0.449 e. The number of para-hydroxylation sites is 1. The molecular weight excluding hydrogens is 454 g/mol. The molecule has 0 aliphatic carbocycles. The van der Waals surface area contributed by atoms with Crippen molar-refractivity contribution in [2.45, 2.75) is 43.6 Å². The molecule has 4 rings (SSSR count). The van der Waals surface area contributed by atoms with Gasteiger partial charge in [-0.25, -0.2) is 17.5 Å². The number of aryl methyl sites for hydroxylation is 1. The normalized spacial score (nSPS) is 16.9. The summed E-state index contributed by atoms with van der Waals surface area (Å²) in [6, 6.07) is 12.3. The van der Waals surface area contributed by atoms with Crippen LogP contribution in [-0.4, -0.2) is 64.4 Å². The Labute approximate surface area is 201 Å². The van der Waals surface area contributed by atoms with E-state index in [-0.39, 0.29) is 16.4 Å². The lowest BCUT2D eigenvalue weighted by Crippen LogP contribution is -2.42. The van der Waals surface area contributed by atoms with E-state index in [1.54, 1.807) is 17.9 Å². The van der Waals surface area contributed by atoms with E-state index < -0.39 is 22.1 Å². The van der Waals surface area contributed by atoms with E-state index in [0.29, 0.717) is 12.2 Å². The highest BCUT2D eigenvalue weighted by molar-refractivity contribution is 7.89. The number of carbonyl (C=O) groups is 2. The molecule has 1 atom stereocenters. The van der Waals surface area contributed by atoms with Crippen molar-refractivity contribution in [2.24, 2.45) is 0 Å². The second kappa shape index (κ2) is 9.76. The summed E-state index contributed by atoms with van der Waals surface area (Å²) in [5.41, 5.74) is 2.73. The van der Waals surface area contributed by atoms with Crippen molar-refractivity contribution in [3.8, 4) is 0 Å². The van der Waals surface area contributed by atoms with E-state index in [9.17, 15) is 18.0 Å². The van der Waals surface area contributed by atoms with E-state index in [1.807, 2.05) is 24.3 Å². The number of ether oxygens (including phenoxy) is 1. The number of fused-ring (bicyclic) bond motifs is 1. The van der Waals surface area contributed by atoms with E-state index >= 15 is 0 Å². The average Bonchev–Trinajstić information content (AvgIpc) is 3.37. The third kappa shape index (κ3) is 4.67. The molecule has 0 aromatic heterocycles. The van der Waals surface area contributed by atoms with Gasteiger partial charge in [-0.1, -0.05) is 18.2 Å². The molecule has 2 aromatic carbocycles. The van der Waals surface area contributed by atoms with Crippen LogP contribution >= 0.6 is 0 Å². The summed E-state index contributed by atoms with van der Waals surface area (Å²) in [4.78, 5) is 30.2. The summed E-state index contributed by atoms with van der Waals surface area (Å²) in [6.45, 7) is 3.68. The SMILES string of the molecule is C[C@H](OC(=O)c1cc(S(=O)(=O)N(C)C)ccc1N1CCCC1)C(=O)N1CCCc2ccccc21. The van der Waals surface area contributed by atoms with Gasteiger partial charge in [-0.15, -0.1) is 0 Å². The highest BCUT2D eigenvalue weighted by Crippen LogP contribution is 2.30. The summed E-state index contributed by atoms with van der Waals surface area (Å²) < 4.78 is 32.1. The van der Waals surface area contributed by atoms with Gasteiger partial charge in [-0.3, -0.25) is 4.79 Å². The zero-order valence-electron chi connectivity index (χ0n) is 19.9. The van der Waals surface area contributed by atoms with Crippen molar-refractivity contribution >= 4 is 33.3 Å². The molecule has 2 aliphatic heterocycles. The Morgan fingerprint density at radius 3 is 2.38 bits per heavy atom. The minimum atomic E-state index is -3.74. The Bertz CT molecular complexity index is 1190. The molecule has 0 unspecified atom stereocenters.